The van der Waals surface area contributed by atoms with Gasteiger partial charge in [0.05, 0.1) is 18.7 Å². The van der Waals surface area contributed by atoms with Gasteiger partial charge in [-0.2, -0.15) is 0 Å². The summed E-state index contributed by atoms with van der Waals surface area (Å²) in [4.78, 5) is 28.3. The van der Waals surface area contributed by atoms with Crippen LogP contribution in [0.4, 0.5) is 11.6 Å². The first-order valence-electron chi connectivity index (χ1n) is 8.83. The maximum absolute atomic E-state index is 12.7. The van der Waals surface area contributed by atoms with Crippen LogP contribution in [0.3, 0.4) is 0 Å². The summed E-state index contributed by atoms with van der Waals surface area (Å²) in [6.45, 7) is 3.20. The van der Waals surface area contributed by atoms with Gasteiger partial charge in [-0.3, -0.25) is 4.79 Å². The number of hydrogen-bond donors (Lipinski definition) is 0. The number of anilines is 2. The topological polar surface area (TPSA) is 52.6 Å². The monoisotopic (exact) mass is 315 g/mol. The highest BCUT2D eigenvalue weighted by molar-refractivity contribution is 5.84. The zero-order valence-corrected chi connectivity index (χ0v) is 13.9. The molecule has 6 nitrogen and oxygen atoms in total. The summed E-state index contributed by atoms with van der Waals surface area (Å²) in [6.07, 6.45) is 8.84. The van der Waals surface area contributed by atoms with Crippen LogP contribution in [0.5, 0.6) is 0 Å². The number of carbonyl (C=O) groups excluding carboxylic acids is 1. The number of hydrogen-bond acceptors (Lipinski definition) is 5. The lowest BCUT2D eigenvalue weighted by Crippen LogP contribution is -2.41. The van der Waals surface area contributed by atoms with Crippen molar-refractivity contribution in [2.75, 3.05) is 36.5 Å². The van der Waals surface area contributed by atoms with Gasteiger partial charge >= 0.3 is 0 Å². The fourth-order valence-corrected chi connectivity index (χ4v) is 4.24. The molecule has 4 rings (SSSR count). The van der Waals surface area contributed by atoms with E-state index in [-0.39, 0.29) is 5.91 Å². The Bertz CT molecular complexity index is 593. The Kier molecular flexibility index (Phi) is 3.83. The van der Waals surface area contributed by atoms with Crippen molar-refractivity contribution in [2.45, 2.75) is 51.1 Å². The van der Waals surface area contributed by atoms with E-state index in [4.69, 9.17) is 0 Å². The molecule has 124 valence electrons. The first-order chi connectivity index (χ1) is 11.2. The lowest BCUT2D eigenvalue weighted by atomic mass is 10.1. The molecule has 6 heteroatoms. The lowest BCUT2D eigenvalue weighted by Gasteiger charge is -2.29. The van der Waals surface area contributed by atoms with Gasteiger partial charge in [-0.1, -0.05) is 12.8 Å². The molecule has 0 spiro atoms. The summed E-state index contributed by atoms with van der Waals surface area (Å²) in [5.41, 5.74) is 1.13. The van der Waals surface area contributed by atoms with Gasteiger partial charge in [-0.15, -0.1) is 0 Å². The van der Waals surface area contributed by atoms with Crippen molar-refractivity contribution in [1.82, 2.24) is 14.9 Å². The number of rotatable bonds is 2. The zero-order chi connectivity index (χ0) is 15.8. The van der Waals surface area contributed by atoms with Crippen molar-refractivity contribution in [3.8, 4) is 0 Å². The molecule has 1 aliphatic carbocycles. The Hall–Kier alpha value is -1.85. The normalized spacial score (nSPS) is 22.7. The molecule has 23 heavy (non-hydrogen) atoms. The molecular weight excluding hydrogens is 290 g/mol. The van der Waals surface area contributed by atoms with Crippen LogP contribution in [0.1, 0.15) is 44.1 Å². The molecule has 0 atom stereocenters. The highest BCUT2D eigenvalue weighted by Crippen LogP contribution is 2.34. The molecule has 1 aromatic rings. The number of carbonyl (C=O) groups is 1. The molecule has 1 saturated heterocycles. The molecule has 1 saturated carbocycles. The third-order valence-electron chi connectivity index (χ3n) is 5.45. The second kappa shape index (κ2) is 5.98. The van der Waals surface area contributed by atoms with Crippen LogP contribution < -0.4 is 9.80 Å². The van der Waals surface area contributed by atoms with E-state index in [0.717, 1.165) is 43.1 Å². The predicted octanol–water partition coefficient (Wildman–Crippen LogP) is 1.80. The molecule has 0 unspecified atom stereocenters. The minimum atomic E-state index is 0.227. The first kappa shape index (κ1) is 14.7. The van der Waals surface area contributed by atoms with Crippen molar-refractivity contribution >= 4 is 17.5 Å². The molecule has 1 amide bonds. The van der Waals surface area contributed by atoms with Gasteiger partial charge in [0, 0.05) is 26.2 Å². The SMILES string of the molecule is CN1CC(=O)N(C2CCCC2)Cc2c1ncnc2N1CCCC1. The van der Waals surface area contributed by atoms with Crippen LogP contribution in [0.15, 0.2) is 6.33 Å². The van der Waals surface area contributed by atoms with E-state index < -0.39 is 0 Å². The predicted molar refractivity (Wildman–Crippen MR) is 89.6 cm³/mol. The standard InChI is InChI=1S/C17H25N5O/c1-20-11-15(23)22(13-6-2-3-7-13)10-14-16(20)18-12-19-17(14)21-8-4-5-9-21/h12-13H,2-11H2,1H3. The Morgan fingerprint density at radius 2 is 1.70 bits per heavy atom. The van der Waals surface area contributed by atoms with Gasteiger partial charge < -0.3 is 14.7 Å². The second-order valence-electron chi connectivity index (χ2n) is 7.01. The van der Waals surface area contributed by atoms with E-state index in [9.17, 15) is 4.79 Å². The van der Waals surface area contributed by atoms with Crippen LogP contribution in [0, 0.1) is 0 Å². The third-order valence-corrected chi connectivity index (χ3v) is 5.45. The summed E-state index contributed by atoms with van der Waals surface area (Å²) in [5, 5.41) is 0. The molecule has 1 aromatic heterocycles. The highest BCUT2D eigenvalue weighted by atomic mass is 16.2. The summed E-state index contributed by atoms with van der Waals surface area (Å²) >= 11 is 0. The number of aromatic nitrogens is 2. The Balaban J connectivity index is 1.72. The van der Waals surface area contributed by atoms with Crippen LogP contribution >= 0.6 is 0 Å². The van der Waals surface area contributed by atoms with Crippen molar-refractivity contribution < 1.29 is 4.79 Å². The van der Waals surface area contributed by atoms with Gasteiger partial charge in [-0.05, 0) is 25.7 Å². The Labute approximate surface area is 137 Å². The van der Waals surface area contributed by atoms with Gasteiger partial charge in [-0.25, -0.2) is 9.97 Å². The summed E-state index contributed by atoms with van der Waals surface area (Å²) in [6, 6.07) is 0.397. The number of fused-ring (bicyclic) bond motifs is 1. The van der Waals surface area contributed by atoms with Gasteiger partial charge in [0.1, 0.15) is 18.0 Å². The van der Waals surface area contributed by atoms with Crippen molar-refractivity contribution in [3.63, 3.8) is 0 Å². The molecule has 3 aliphatic rings. The summed E-state index contributed by atoms with van der Waals surface area (Å²) in [7, 11) is 1.97. The molecule has 3 heterocycles. The number of likely N-dealkylation sites (N-methyl/N-ethyl adjacent to an activating group) is 1. The van der Waals surface area contributed by atoms with Gasteiger partial charge in [0.15, 0.2) is 0 Å². The Morgan fingerprint density at radius 3 is 2.43 bits per heavy atom. The molecule has 0 bridgehead atoms. The summed E-state index contributed by atoms with van der Waals surface area (Å²) < 4.78 is 0. The van der Waals surface area contributed by atoms with E-state index in [2.05, 4.69) is 19.8 Å². The highest BCUT2D eigenvalue weighted by Gasteiger charge is 2.33. The van der Waals surface area contributed by atoms with Crippen LogP contribution in [0.2, 0.25) is 0 Å². The zero-order valence-electron chi connectivity index (χ0n) is 13.9. The van der Waals surface area contributed by atoms with Crippen LogP contribution in [-0.4, -0.2) is 53.5 Å². The first-order valence-corrected chi connectivity index (χ1v) is 8.83. The van der Waals surface area contributed by atoms with Gasteiger partial charge in [0.2, 0.25) is 5.91 Å². The largest absolute Gasteiger partial charge is 0.356 e. The summed E-state index contributed by atoms with van der Waals surface area (Å²) in [5.74, 6) is 2.19. The van der Waals surface area contributed by atoms with Crippen LogP contribution in [-0.2, 0) is 11.3 Å². The Morgan fingerprint density at radius 1 is 1.00 bits per heavy atom. The molecular formula is C17H25N5O. The van der Waals surface area contributed by atoms with Gasteiger partial charge in [0.25, 0.3) is 0 Å². The van der Waals surface area contributed by atoms with Crippen molar-refractivity contribution in [1.29, 1.82) is 0 Å². The van der Waals surface area contributed by atoms with Crippen molar-refractivity contribution in [2.24, 2.45) is 0 Å². The second-order valence-corrected chi connectivity index (χ2v) is 7.01. The lowest BCUT2D eigenvalue weighted by molar-refractivity contribution is -0.132. The van der Waals surface area contributed by atoms with E-state index in [1.807, 2.05) is 11.9 Å². The number of amides is 1. The maximum Gasteiger partial charge on any atom is 0.242 e. The molecule has 0 radical (unpaired) electrons. The smallest absolute Gasteiger partial charge is 0.242 e. The fourth-order valence-electron chi connectivity index (χ4n) is 4.24. The third kappa shape index (κ3) is 2.64. The van der Waals surface area contributed by atoms with Crippen LogP contribution in [0.25, 0.3) is 0 Å². The van der Waals surface area contributed by atoms with E-state index in [1.165, 1.54) is 25.7 Å². The molecule has 0 N–H and O–H groups in total. The molecule has 0 aromatic carbocycles. The fraction of sp³-hybridized carbons (Fsp3) is 0.706. The van der Waals surface area contributed by atoms with E-state index in [1.54, 1.807) is 6.33 Å². The maximum atomic E-state index is 12.7. The van der Waals surface area contributed by atoms with Crippen molar-refractivity contribution in [3.05, 3.63) is 11.9 Å². The average Bonchev–Trinajstić information content (AvgIpc) is 3.23. The minimum Gasteiger partial charge on any atom is -0.356 e. The van der Waals surface area contributed by atoms with E-state index >= 15 is 0 Å². The minimum absolute atomic E-state index is 0.227. The number of nitrogens with zero attached hydrogens (tertiary/aromatic N) is 5. The molecule has 2 fully saturated rings. The average molecular weight is 315 g/mol. The van der Waals surface area contributed by atoms with E-state index in [0.29, 0.717) is 19.1 Å². The quantitative estimate of drug-likeness (QED) is 0.833. The molecule has 2 aliphatic heterocycles.